The number of hydrogen-bond acceptors (Lipinski definition) is 8. The largest absolute Gasteiger partial charge is 0.395 e. The number of fused-ring (bicyclic) bond motifs is 1. The summed E-state index contributed by atoms with van der Waals surface area (Å²) < 4.78 is 7.70. The lowest BCUT2D eigenvalue weighted by atomic mass is 10.0. The molecule has 2 saturated heterocycles. The predicted molar refractivity (Wildman–Crippen MR) is 109 cm³/mol. The summed E-state index contributed by atoms with van der Waals surface area (Å²) in [6, 6.07) is 0.885. The fourth-order valence-corrected chi connectivity index (χ4v) is 4.27. The van der Waals surface area contributed by atoms with Crippen molar-refractivity contribution in [3.05, 3.63) is 6.33 Å². The van der Waals surface area contributed by atoms with Crippen LogP contribution < -0.4 is 10.2 Å². The van der Waals surface area contributed by atoms with Crippen LogP contribution in [0.4, 0.5) is 11.8 Å². The van der Waals surface area contributed by atoms with E-state index in [1.807, 2.05) is 0 Å². The van der Waals surface area contributed by atoms with Crippen LogP contribution in [0, 0.1) is 0 Å². The molecule has 0 unspecified atom stereocenters. The molecule has 0 spiro atoms. The highest BCUT2D eigenvalue weighted by atomic mass is 16.5. The molecule has 0 bridgehead atoms. The minimum Gasteiger partial charge on any atom is -0.395 e. The van der Waals surface area contributed by atoms with Gasteiger partial charge in [0.25, 0.3) is 0 Å². The molecule has 154 valence electrons. The van der Waals surface area contributed by atoms with Crippen molar-refractivity contribution < 1.29 is 9.84 Å². The Morgan fingerprint density at radius 2 is 1.93 bits per heavy atom. The van der Waals surface area contributed by atoms with Gasteiger partial charge in [0.1, 0.15) is 6.33 Å². The molecule has 28 heavy (non-hydrogen) atoms. The van der Waals surface area contributed by atoms with Crippen LogP contribution in [0.5, 0.6) is 0 Å². The number of morpholine rings is 1. The van der Waals surface area contributed by atoms with Gasteiger partial charge in [0.15, 0.2) is 17.0 Å². The van der Waals surface area contributed by atoms with E-state index in [0.717, 1.165) is 69.3 Å². The molecule has 2 aromatic heterocycles. The van der Waals surface area contributed by atoms with Gasteiger partial charge >= 0.3 is 0 Å². The Hall–Kier alpha value is -1.97. The maximum Gasteiger partial charge on any atom is 0.208 e. The van der Waals surface area contributed by atoms with Gasteiger partial charge in [-0.1, -0.05) is 0 Å². The number of aliphatic hydroxyl groups excluding tert-OH is 1. The number of nitrogens with one attached hydrogen (secondary N) is 1. The van der Waals surface area contributed by atoms with Crippen LogP contribution in [-0.2, 0) is 4.74 Å². The molecule has 9 heteroatoms. The number of rotatable bonds is 6. The zero-order valence-corrected chi connectivity index (χ0v) is 16.8. The summed E-state index contributed by atoms with van der Waals surface area (Å²) >= 11 is 0. The minimum atomic E-state index is 0.0539. The number of aliphatic hydroxyl groups is 1. The Morgan fingerprint density at radius 1 is 1.18 bits per heavy atom. The number of piperidine rings is 1. The molecule has 2 aromatic rings. The van der Waals surface area contributed by atoms with Crippen LogP contribution in [0.3, 0.4) is 0 Å². The average molecular weight is 390 g/mol. The van der Waals surface area contributed by atoms with E-state index in [4.69, 9.17) is 14.8 Å². The minimum absolute atomic E-state index is 0.0539. The van der Waals surface area contributed by atoms with Crippen molar-refractivity contribution in [1.82, 2.24) is 24.4 Å². The lowest BCUT2D eigenvalue weighted by molar-refractivity contribution is 0.0114. The van der Waals surface area contributed by atoms with Crippen molar-refractivity contribution in [2.45, 2.75) is 38.8 Å². The molecule has 0 amide bonds. The third-order valence-corrected chi connectivity index (χ3v) is 5.69. The topological polar surface area (TPSA) is 91.6 Å². The first-order valence-corrected chi connectivity index (χ1v) is 10.3. The molecule has 4 rings (SSSR count). The smallest absolute Gasteiger partial charge is 0.208 e. The molecule has 2 fully saturated rings. The zero-order valence-electron chi connectivity index (χ0n) is 16.8. The van der Waals surface area contributed by atoms with E-state index in [9.17, 15) is 0 Å². The first kappa shape index (κ1) is 19.4. The number of nitrogens with zero attached hydrogens (tertiary/aromatic N) is 6. The van der Waals surface area contributed by atoms with Gasteiger partial charge in [-0.3, -0.25) is 9.47 Å². The van der Waals surface area contributed by atoms with Crippen LogP contribution >= 0.6 is 0 Å². The first-order chi connectivity index (χ1) is 13.7. The Morgan fingerprint density at radius 3 is 2.61 bits per heavy atom. The van der Waals surface area contributed by atoms with Crippen molar-refractivity contribution in [2.24, 2.45) is 0 Å². The molecule has 9 nitrogen and oxygen atoms in total. The van der Waals surface area contributed by atoms with Crippen LogP contribution in [0.1, 0.15) is 32.7 Å². The summed E-state index contributed by atoms with van der Waals surface area (Å²) in [4.78, 5) is 18.7. The Labute approximate surface area is 165 Å². The highest BCUT2D eigenvalue weighted by Crippen LogP contribution is 2.30. The van der Waals surface area contributed by atoms with Crippen molar-refractivity contribution in [1.29, 1.82) is 0 Å². The van der Waals surface area contributed by atoms with E-state index >= 15 is 0 Å². The van der Waals surface area contributed by atoms with Crippen LogP contribution in [-0.4, -0.2) is 88.1 Å². The second kappa shape index (κ2) is 8.59. The normalized spacial score (nSPS) is 19.6. The van der Waals surface area contributed by atoms with Gasteiger partial charge < -0.3 is 20.1 Å². The predicted octanol–water partition coefficient (Wildman–Crippen LogP) is 1.11. The summed E-state index contributed by atoms with van der Waals surface area (Å²) in [6.07, 6.45) is 3.85. The molecule has 0 aliphatic carbocycles. The van der Waals surface area contributed by atoms with E-state index in [1.54, 1.807) is 6.33 Å². The Balaban J connectivity index is 1.57. The van der Waals surface area contributed by atoms with E-state index in [2.05, 4.69) is 43.5 Å². The standard InChI is InChI=1S/C19H31N7O2/c1-14(2)26-18-16(17(20-5-10-27)21-13-22-18)23-19(26)25-6-3-15(4-7-25)24-8-11-28-12-9-24/h13-15,27H,3-12H2,1-2H3,(H,20,21,22). The monoisotopic (exact) mass is 389 g/mol. The van der Waals surface area contributed by atoms with E-state index in [0.29, 0.717) is 18.4 Å². The summed E-state index contributed by atoms with van der Waals surface area (Å²) in [6.45, 7) is 10.6. The number of aromatic nitrogens is 4. The molecule has 0 aromatic carbocycles. The maximum absolute atomic E-state index is 9.13. The van der Waals surface area contributed by atoms with Crippen LogP contribution in [0.15, 0.2) is 6.33 Å². The van der Waals surface area contributed by atoms with Gasteiger partial charge in [-0.05, 0) is 26.7 Å². The highest BCUT2D eigenvalue weighted by Gasteiger charge is 2.29. The number of anilines is 2. The van der Waals surface area contributed by atoms with Crippen molar-refractivity contribution in [3.63, 3.8) is 0 Å². The van der Waals surface area contributed by atoms with Crippen LogP contribution in [0.2, 0.25) is 0 Å². The molecule has 2 aliphatic heterocycles. The quantitative estimate of drug-likeness (QED) is 0.759. The zero-order chi connectivity index (χ0) is 19.5. The number of hydrogen-bond donors (Lipinski definition) is 2. The summed E-state index contributed by atoms with van der Waals surface area (Å²) in [5.41, 5.74) is 1.62. The molecule has 2 aliphatic rings. The molecule has 0 atom stereocenters. The molecule has 2 N–H and O–H groups in total. The number of ether oxygens (including phenoxy) is 1. The first-order valence-electron chi connectivity index (χ1n) is 10.3. The summed E-state index contributed by atoms with van der Waals surface area (Å²) in [5.74, 6) is 1.65. The van der Waals surface area contributed by atoms with Gasteiger partial charge in [-0.15, -0.1) is 0 Å². The summed E-state index contributed by atoms with van der Waals surface area (Å²) in [5, 5.41) is 12.3. The molecule has 0 saturated carbocycles. The second-order valence-corrected chi connectivity index (χ2v) is 7.79. The molecule has 4 heterocycles. The Bertz CT molecular complexity index is 780. The van der Waals surface area contributed by atoms with E-state index < -0.39 is 0 Å². The van der Waals surface area contributed by atoms with Crippen LogP contribution in [0.25, 0.3) is 11.2 Å². The van der Waals surface area contributed by atoms with Crippen molar-refractivity contribution >= 4 is 22.9 Å². The van der Waals surface area contributed by atoms with Crippen molar-refractivity contribution in [3.8, 4) is 0 Å². The van der Waals surface area contributed by atoms with Gasteiger partial charge in [0.2, 0.25) is 5.95 Å². The lowest BCUT2D eigenvalue weighted by Crippen LogP contribution is -2.49. The highest BCUT2D eigenvalue weighted by molar-refractivity contribution is 5.85. The van der Waals surface area contributed by atoms with E-state index in [1.165, 1.54) is 0 Å². The van der Waals surface area contributed by atoms with Gasteiger partial charge in [0.05, 0.1) is 19.8 Å². The van der Waals surface area contributed by atoms with Gasteiger partial charge in [-0.2, -0.15) is 0 Å². The maximum atomic E-state index is 9.13. The third kappa shape index (κ3) is 3.78. The fourth-order valence-electron chi connectivity index (χ4n) is 4.27. The number of imidazole rings is 1. The lowest BCUT2D eigenvalue weighted by Gasteiger charge is -2.40. The second-order valence-electron chi connectivity index (χ2n) is 7.79. The van der Waals surface area contributed by atoms with Gasteiger partial charge in [-0.25, -0.2) is 15.0 Å². The van der Waals surface area contributed by atoms with Crippen molar-refractivity contribution in [2.75, 3.05) is 62.8 Å². The Kier molecular flexibility index (Phi) is 5.93. The SMILES string of the molecule is CC(C)n1c(N2CCC(N3CCOCC3)CC2)nc2c(NCCO)ncnc21. The van der Waals surface area contributed by atoms with Gasteiger partial charge in [0, 0.05) is 44.8 Å². The molecular weight excluding hydrogens is 358 g/mol. The fraction of sp³-hybridized carbons (Fsp3) is 0.737. The molecule has 0 radical (unpaired) electrons. The summed E-state index contributed by atoms with van der Waals surface area (Å²) in [7, 11) is 0. The van der Waals surface area contributed by atoms with E-state index in [-0.39, 0.29) is 12.6 Å². The third-order valence-electron chi connectivity index (χ3n) is 5.69. The molecular formula is C19H31N7O2. The average Bonchev–Trinajstić information content (AvgIpc) is 3.13.